The van der Waals surface area contributed by atoms with Crippen LogP contribution in [0.4, 0.5) is 18.9 Å². The standard InChI is InChI=1S/C25H30F3N3/c1-3-15-31(18-20-8-6-19(4-2)7-9-20)16-5-13-29-23-12-14-30-24-17-21(25(26,27)28)10-11-22(23)24/h6-12,14,17H,3-5,13,15-16,18H2,1-2H3,(H,29,30). The van der Waals surface area contributed by atoms with Crippen LogP contribution in [0, 0.1) is 0 Å². The number of fused-ring (bicyclic) bond motifs is 1. The van der Waals surface area contributed by atoms with Gasteiger partial charge in [-0.05, 0) is 55.1 Å². The summed E-state index contributed by atoms with van der Waals surface area (Å²) in [6.45, 7) is 8.01. The van der Waals surface area contributed by atoms with Crippen LogP contribution in [0.1, 0.15) is 43.4 Å². The molecular weight excluding hydrogens is 399 g/mol. The lowest BCUT2D eigenvalue weighted by atomic mass is 10.1. The highest BCUT2D eigenvalue weighted by Gasteiger charge is 2.30. The molecule has 166 valence electrons. The molecule has 3 rings (SSSR count). The summed E-state index contributed by atoms with van der Waals surface area (Å²) in [5, 5.41) is 4.08. The van der Waals surface area contributed by atoms with Gasteiger partial charge in [0.25, 0.3) is 0 Å². The lowest BCUT2D eigenvalue weighted by molar-refractivity contribution is -0.137. The molecule has 2 aromatic carbocycles. The second-order valence-electron chi connectivity index (χ2n) is 7.81. The van der Waals surface area contributed by atoms with Gasteiger partial charge in [0, 0.05) is 36.9 Å². The largest absolute Gasteiger partial charge is 0.416 e. The number of anilines is 1. The number of nitrogens with one attached hydrogen (secondary N) is 1. The van der Waals surface area contributed by atoms with Gasteiger partial charge in [-0.1, -0.05) is 44.2 Å². The second kappa shape index (κ2) is 10.6. The third-order valence-corrected chi connectivity index (χ3v) is 5.41. The average molecular weight is 430 g/mol. The first-order valence-corrected chi connectivity index (χ1v) is 10.9. The Kier molecular flexibility index (Phi) is 7.91. The van der Waals surface area contributed by atoms with Crippen LogP contribution in [0.5, 0.6) is 0 Å². The number of rotatable bonds is 10. The van der Waals surface area contributed by atoms with Gasteiger partial charge in [-0.25, -0.2) is 0 Å². The van der Waals surface area contributed by atoms with Gasteiger partial charge < -0.3 is 5.32 Å². The summed E-state index contributed by atoms with van der Waals surface area (Å²) in [6, 6.07) is 14.3. The van der Waals surface area contributed by atoms with Gasteiger partial charge in [0.15, 0.2) is 0 Å². The first-order chi connectivity index (χ1) is 14.9. The fourth-order valence-electron chi connectivity index (χ4n) is 3.73. The van der Waals surface area contributed by atoms with Crippen LogP contribution in [0.15, 0.2) is 54.7 Å². The monoisotopic (exact) mass is 429 g/mol. The quantitative estimate of drug-likeness (QED) is 0.371. The Morgan fingerprint density at radius 2 is 1.68 bits per heavy atom. The third-order valence-electron chi connectivity index (χ3n) is 5.41. The molecule has 0 amide bonds. The molecule has 6 heteroatoms. The average Bonchev–Trinajstić information content (AvgIpc) is 2.76. The van der Waals surface area contributed by atoms with Gasteiger partial charge in [0.1, 0.15) is 0 Å². The summed E-state index contributed by atoms with van der Waals surface area (Å²) in [5.74, 6) is 0. The van der Waals surface area contributed by atoms with Gasteiger partial charge in [0.2, 0.25) is 0 Å². The van der Waals surface area contributed by atoms with Crippen LogP contribution < -0.4 is 5.32 Å². The van der Waals surface area contributed by atoms with E-state index in [1.807, 2.05) is 6.07 Å². The second-order valence-corrected chi connectivity index (χ2v) is 7.81. The number of aromatic nitrogens is 1. The molecule has 0 aliphatic carbocycles. The maximum atomic E-state index is 12.9. The molecule has 0 saturated carbocycles. The third kappa shape index (κ3) is 6.44. The van der Waals surface area contributed by atoms with Crippen LogP contribution in [0.3, 0.4) is 0 Å². The molecule has 0 unspecified atom stereocenters. The van der Waals surface area contributed by atoms with E-state index in [0.717, 1.165) is 63.3 Å². The molecular formula is C25H30F3N3. The van der Waals surface area contributed by atoms with E-state index in [9.17, 15) is 13.2 Å². The van der Waals surface area contributed by atoms with Crippen molar-refractivity contribution in [3.63, 3.8) is 0 Å². The first-order valence-electron chi connectivity index (χ1n) is 10.9. The van der Waals surface area contributed by atoms with Crippen molar-refractivity contribution in [1.29, 1.82) is 0 Å². The highest BCUT2D eigenvalue weighted by molar-refractivity contribution is 5.91. The van der Waals surface area contributed by atoms with E-state index in [1.165, 1.54) is 17.2 Å². The van der Waals surface area contributed by atoms with E-state index in [-0.39, 0.29) is 0 Å². The molecule has 31 heavy (non-hydrogen) atoms. The number of hydrogen-bond donors (Lipinski definition) is 1. The number of benzene rings is 2. The van der Waals surface area contributed by atoms with Crippen molar-refractivity contribution >= 4 is 16.6 Å². The Bertz CT molecular complexity index is 968. The Morgan fingerprint density at radius 1 is 0.935 bits per heavy atom. The van der Waals surface area contributed by atoms with Crippen molar-refractivity contribution in [3.8, 4) is 0 Å². The summed E-state index contributed by atoms with van der Waals surface area (Å²) in [5.41, 5.74) is 3.16. The molecule has 0 bridgehead atoms. The van der Waals surface area contributed by atoms with E-state index in [1.54, 1.807) is 6.20 Å². The summed E-state index contributed by atoms with van der Waals surface area (Å²) in [4.78, 5) is 6.56. The van der Waals surface area contributed by atoms with Crippen molar-refractivity contribution in [2.75, 3.05) is 25.0 Å². The molecule has 0 saturated heterocycles. The number of halogens is 3. The van der Waals surface area contributed by atoms with E-state index in [2.05, 4.69) is 53.3 Å². The fraction of sp³-hybridized carbons (Fsp3) is 0.400. The molecule has 3 aromatic rings. The van der Waals surface area contributed by atoms with Crippen LogP contribution in [-0.4, -0.2) is 29.5 Å². The lowest BCUT2D eigenvalue weighted by Crippen LogP contribution is -2.26. The minimum atomic E-state index is -4.36. The molecule has 0 fully saturated rings. The molecule has 0 aliphatic heterocycles. The molecule has 1 aromatic heterocycles. The van der Waals surface area contributed by atoms with Gasteiger partial charge in [-0.3, -0.25) is 9.88 Å². The summed E-state index contributed by atoms with van der Waals surface area (Å²) < 4.78 is 38.8. The van der Waals surface area contributed by atoms with Gasteiger partial charge in [-0.15, -0.1) is 0 Å². The Hall–Kier alpha value is -2.60. The van der Waals surface area contributed by atoms with Gasteiger partial charge in [-0.2, -0.15) is 13.2 Å². The summed E-state index contributed by atoms with van der Waals surface area (Å²) >= 11 is 0. The Balaban J connectivity index is 1.57. The zero-order valence-corrected chi connectivity index (χ0v) is 18.2. The van der Waals surface area contributed by atoms with Gasteiger partial charge >= 0.3 is 6.18 Å². The molecule has 3 nitrogen and oxygen atoms in total. The van der Waals surface area contributed by atoms with Crippen molar-refractivity contribution in [2.24, 2.45) is 0 Å². The Labute approximate surface area is 182 Å². The minimum absolute atomic E-state index is 0.350. The Morgan fingerprint density at radius 3 is 2.35 bits per heavy atom. The normalized spacial score (nSPS) is 11.9. The summed E-state index contributed by atoms with van der Waals surface area (Å²) in [6.07, 6.45) is 0.271. The molecule has 0 radical (unpaired) electrons. The van der Waals surface area contributed by atoms with Gasteiger partial charge in [0.05, 0.1) is 11.1 Å². The fourth-order valence-corrected chi connectivity index (χ4v) is 3.73. The zero-order valence-electron chi connectivity index (χ0n) is 18.2. The van der Waals surface area contributed by atoms with Crippen LogP contribution >= 0.6 is 0 Å². The molecule has 0 spiro atoms. The van der Waals surface area contributed by atoms with E-state index < -0.39 is 11.7 Å². The van der Waals surface area contributed by atoms with E-state index >= 15 is 0 Å². The topological polar surface area (TPSA) is 28.2 Å². The molecule has 1 N–H and O–H groups in total. The maximum Gasteiger partial charge on any atom is 0.416 e. The molecule has 0 atom stereocenters. The van der Waals surface area contributed by atoms with Crippen LogP contribution in [-0.2, 0) is 19.1 Å². The van der Waals surface area contributed by atoms with Crippen molar-refractivity contribution < 1.29 is 13.2 Å². The molecule has 0 aliphatic rings. The van der Waals surface area contributed by atoms with Crippen LogP contribution in [0.25, 0.3) is 10.9 Å². The van der Waals surface area contributed by atoms with Crippen LogP contribution in [0.2, 0.25) is 0 Å². The SMILES string of the molecule is CCCN(CCCNc1ccnc2cc(C(F)(F)F)ccc12)Cc1ccc(CC)cc1. The number of nitrogens with zero attached hydrogens (tertiary/aromatic N) is 2. The highest BCUT2D eigenvalue weighted by atomic mass is 19.4. The molecule has 1 heterocycles. The number of aryl methyl sites for hydroxylation is 1. The highest BCUT2D eigenvalue weighted by Crippen LogP contribution is 2.32. The predicted molar refractivity (Wildman–Crippen MR) is 121 cm³/mol. The predicted octanol–water partition coefficient (Wildman–Crippen LogP) is 6.53. The number of hydrogen-bond acceptors (Lipinski definition) is 3. The smallest absolute Gasteiger partial charge is 0.384 e. The summed E-state index contributed by atoms with van der Waals surface area (Å²) in [7, 11) is 0. The van der Waals surface area contributed by atoms with E-state index in [4.69, 9.17) is 0 Å². The number of pyridine rings is 1. The van der Waals surface area contributed by atoms with Crippen molar-refractivity contribution in [1.82, 2.24) is 9.88 Å². The lowest BCUT2D eigenvalue weighted by Gasteiger charge is -2.22. The zero-order chi connectivity index (χ0) is 22.3. The number of alkyl halides is 3. The minimum Gasteiger partial charge on any atom is -0.384 e. The maximum absolute atomic E-state index is 12.9. The van der Waals surface area contributed by atoms with Crippen molar-refractivity contribution in [2.45, 2.75) is 45.8 Å². The first kappa shape index (κ1) is 23.1. The van der Waals surface area contributed by atoms with Crippen molar-refractivity contribution in [3.05, 3.63) is 71.4 Å². The van der Waals surface area contributed by atoms with E-state index in [0.29, 0.717) is 10.9 Å².